The van der Waals surface area contributed by atoms with Gasteiger partial charge in [0.2, 0.25) is 5.88 Å². The minimum atomic E-state index is 0.0845. The fourth-order valence-corrected chi connectivity index (χ4v) is 1.25. The van der Waals surface area contributed by atoms with Crippen LogP contribution in [-0.4, -0.2) is 29.0 Å². The normalized spacial score (nSPS) is 12.6. The molecule has 1 aromatic rings. The van der Waals surface area contributed by atoms with E-state index in [0.29, 0.717) is 24.2 Å². The molecule has 5 heteroatoms. The monoisotopic (exact) mass is 243 g/mol. The molecule has 0 fully saturated rings. The van der Waals surface area contributed by atoms with Crippen LogP contribution in [0.1, 0.15) is 19.7 Å². The van der Waals surface area contributed by atoms with E-state index in [9.17, 15) is 0 Å². The highest BCUT2D eigenvalue weighted by Crippen LogP contribution is 2.14. The lowest BCUT2D eigenvalue weighted by Gasteiger charge is -2.14. The summed E-state index contributed by atoms with van der Waals surface area (Å²) in [5.41, 5.74) is 0. The van der Waals surface area contributed by atoms with E-state index in [2.05, 4.69) is 29.1 Å². The molecule has 0 bridgehead atoms. The number of rotatable bonds is 5. The summed E-state index contributed by atoms with van der Waals surface area (Å²) in [6.07, 6.45) is 0. The molecule has 0 amide bonds. The van der Waals surface area contributed by atoms with Crippen LogP contribution in [0.5, 0.6) is 5.88 Å². The van der Waals surface area contributed by atoms with Gasteiger partial charge in [0, 0.05) is 12.6 Å². The molecule has 16 heavy (non-hydrogen) atoms. The van der Waals surface area contributed by atoms with Crippen molar-refractivity contribution in [1.82, 2.24) is 9.97 Å². The van der Waals surface area contributed by atoms with E-state index in [1.165, 1.54) is 0 Å². The second-order valence-corrected chi connectivity index (χ2v) is 4.54. The van der Waals surface area contributed by atoms with E-state index in [1.807, 2.05) is 6.92 Å². The van der Waals surface area contributed by atoms with Gasteiger partial charge in [-0.05, 0) is 12.8 Å². The first-order chi connectivity index (χ1) is 7.52. The molecule has 90 valence electrons. The minimum Gasteiger partial charge on any atom is -0.481 e. The Bertz CT molecular complexity index is 344. The predicted molar refractivity (Wildman–Crippen MR) is 66.3 cm³/mol. The number of aromatic nitrogens is 2. The molecule has 1 aromatic heterocycles. The summed E-state index contributed by atoms with van der Waals surface area (Å²) in [5, 5.41) is 3.26. The van der Waals surface area contributed by atoms with Crippen molar-refractivity contribution >= 4 is 17.4 Å². The van der Waals surface area contributed by atoms with Gasteiger partial charge in [-0.3, -0.25) is 0 Å². The van der Waals surface area contributed by atoms with Gasteiger partial charge >= 0.3 is 0 Å². The molecule has 0 aromatic carbocycles. The Morgan fingerprint density at radius 1 is 1.44 bits per heavy atom. The number of nitrogens with one attached hydrogen (secondary N) is 1. The van der Waals surface area contributed by atoms with Crippen LogP contribution < -0.4 is 10.1 Å². The third-order valence-corrected chi connectivity index (χ3v) is 2.88. The van der Waals surface area contributed by atoms with Gasteiger partial charge in [-0.25, -0.2) is 4.98 Å². The first-order valence-electron chi connectivity index (χ1n) is 5.30. The number of aryl methyl sites for hydroxylation is 1. The van der Waals surface area contributed by atoms with Crippen molar-refractivity contribution in [2.75, 3.05) is 19.0 Å². The number of halogens is 1. The fraction of sp³-hybridized carbons (Fsp3) is 0.636. The van der Waals surface area contributed by atoms with Crippen molar-refractivity contribution in [3.63, 3.8) is 0 Å². The van der Waals surface area contributed by atoms with Gasteiger partial charge in [0.05, 0.1) is 12.5 Å². The lowest BCUT2D eigenvalue weighted by atomic mass is 10.1. The summed E-state index contributed by atoms with van der Waals surface area (Å²) in [4.78, 5) is 8.36. The Hall–Kier alpha value is -1.03. The van der Waals surface area contributed by atoms with Crippen LogP contribution in [0.4, 0.5) is 5.82 Å². The third-order valence-electron chi connectivity index (χ3n) is 2.23. The molecule has 0 saturated carbocycles. The summed E-state index contributed by atoms with van der Waals surface area (Å²) in [5.74, 6) is 2.41. The predicted octanol–water partition coefficient (Wildman–Crippen LogP) is 2.47. The SMILES string of the molecule is COc1cc(NCC(Cl)C(C)C)nc(C)n1. The largest absolute Gasteiger partial charge is 0.481 e. The maximum absolute atomic E-state index is 6.14. The topological polar surface area (TPSA) is 47.0 Å². The quantitative estimate of drug-likeness (QED) is 0.808. The van der Waals surface area contributed by atoms with Gasteiger partial charge < -0.3 is 10.1 Å². The summed E-state index contributed by atoms with van der Waals surface area (Å²) >= 11 is 6.14. The minimum absolute atomic E-state index is 0.0845. The molecule has 1 N–H and O–H groups in total. The molecule has 1 heterocycles. The number of anilines is 1. The Balaban J connectivity index is 2.63. The molecular formula is C11H18ClN3O. The number of nitrogens with zero attached hydrogens (tertiary/aromatic N) is 2. The van der Waals surface area contributed by atoms with E-state index in [4.69, 9.17) is 16.3 Å². The zero-order chi connectivity index (χ0) is 12.1. The first kappa shape index (κ1) is 13.0. The maximum Gasteiger partial charge on any atom is 0.218 e. The number of ether oxygens (including phenoxy) is 1. The van der Waals surface area contributed by atoms with Gasteiger partial charge in [-0.2, -0.15) is 4.98 Å². The van der Waals surface area contributed by atoms with E-state index >= 15 is 0 Å². The summed E-state index contributed by atoms with van der Waals surface area (Å²) < 4.78 is 5.07. The Morgan fingerprint density at radius 2 is 2.12 bits per heavy atom. The molecule has 0 aliphatic heterocycles. The van der Waals surface area contributed by atoms with Crippen molar-refractivity contribution < 1.29 is 4.74 Å². The summed E-state index contributed by atoms with van der Waals surface area (Å²) in [7, 11) is 1.59. The number of methoxy groups -OCH3 is 1. The van der Waals surface area contributed by atoms with Crippen LogP contribution >= 0.6 is 11.6 Å². The second-order valence-electron chi connectivity index (χ2n) is 3.98. The summed E-state index contributed by atoms with van der Waals surface area (Å²) in [6.45, 7) is 6.68. The van der Waals surface area contributed by atoms with Crippen LogP contribution in [0.3, 0.4) is 0 Å². The Morgan fingerprint density at radius 3 is 2.69 bits per heavy atom. The van der Waals surface area contributed by atoms with Crippen LogP contribution in [-0.2, 0) is 0 Å². The first-order valence-corrected chi connectivity index (χ1v) is 5.74. The van der Waals surface area contributed by atoms with Crippen molar-refractivity contribution in [2.45, 2.75) is 26.1 Å². The van der Waals surface area contributed by atoms with Crippen molar-refractivity contribution in [3.05, 3.63) is 11.9 Å². The van der Waals surface area contributed by atoms with Crippen LogP contribution in [0.25, 0.3) is 0 Å². The highest BCUT2D eigenvalue weighted by Gasteiger charge is 2.10. The van der Waals surface area contributed by atoms with Gasteiger partial charge in [0.15, 0.2) is 0 Å². The second kappa shape index (κ2) is 5.89. The average Bonchev–Trinajstić information content (AvgIpc) is 2.24. The Labute approximate surface area is 101 Å². The van der Waals surface area contributed by atoms with Crippen molar-refractivity contribution in [2.24, 2.45) is 5.92 Å². The van der Waals surface area contributed by atoms with Crippen LogP contribution in [0, 0.1) is 12.8 Å². The summed E-state index contributed by atoms with van der Waals surface area (Å²) in [6, 6.07) is 1.76. The van der Waals surface area contributed by atoms with E-state index in [0.717, 1.165) is 5.82 Å². The zero-order valence-electron chi connectivity index (χ0n) is 10.1. The Kier molecular flexibility index (Phi) is 4.80. The number of hydrogen-bond acceptors (Lipinski definition) is 4. The molecule has 0 saturated heterocycles. The van der Waals surface area contributed by atoms with Crippen LogP contribution in [0.2, 0.25) is 0 Å². The molecule has 1 atom stereocenters. The molecule has 1 rings (SSSR count). The van der Waals surface area contributed by atoms with Crippen molar-refractivity contribution in [1.29, 1.82) is 0 Å². The molecule has 0 aliphatic carbocycles. The van der Waals surface area contributed by atoms with Crippen LogP contribution in [0.15, 0.2) is 6.07 Å². The molecule has 4 nitrogen and oxygen atoms in total. The highest BCUT2D eigenvalue weighted by molar-refractivity contribution is 6.21. The number of alkyl halides is 1. The molecule has 0 aliphatic rings. The molecule has 0 spiro atoms. The maximum atomic E-state index is 6.14. The smallest absolute Gasteiger partial charge is 0.218 e. The van der Waals surface area contributed by atoms with Gasteiger partial charge in [-0.1, -0.05) is 13.8 Å². The third kappa shape index (κ3) is 3.85. The van der Waals surface area contributed by atoms with Crippen molar-refractivity contribution in [3.8, 4) is 5.88 Å². The standard InChI is InChI=1S/C11H18ClN3O/c1-7(2)9(12)6-13-10-5-11(16-4)15-8(3)14-10/h5,7,9H,6H2,1-4H3,(H,13,14,15). The van der Waals surface area contributed by atoms with E-state index in [1.54, 1.807) is 13.2 Å². The average molecular weight is 244 g/mol. The molecule has 0 radical (unpaired) electrons. The fourth-order valence-electron chi connectivity index (χ4n) is 1.17. The highest BCUT2D eigenvalue weighted by atomic mass is 35.5. The van der Waals surface area contributed by atoms with E-state index < -0.39 is 0 Å². The van der Waals surface area contributed by atoms with E-state index in [-0.39, 0.29) is 5.38 Å². The van der Waals surface area contributed by atoms with Gasteiger partial charge in [-0.15, -0.1) is 11.6 Å². The zero-order valence-corrected chi connectivity index (χ0v) is 10.9. The number of hydrogen-bond donors (Lipinski definition) is 1. The molecular weight excluding hydrogens is 226 g/mol. The molecule has 1 unspecified atom stereocenters. The van der Waals surface area contributed by atoms with Gasteiger partial charge in [0.1, 0.15) is 11.6 Å². The lowest BCUT2D eigenvalue weighted by Crippen LogP contribution is -2.20. The lowest BCUT2D eigenvalue weighted by molar-refractivity contribution is 0.396. The van der Waals surface area contributed by atoms with Gasteiger partial charge in [0.25, 0.3) is 0 Å².